The van der Waals surface area contributed by atoms with Crippen molar-refractivity contribution in [1.82, 2.24) is 9.80 Å². The summed E-state index contributed by atoms with van der Waals surface area (Å²) in [7, 11) is 3.44. The molecule has 0 N–H and O–H groups in total. The van der Waals surface area contributed by atoms with Gasteiger partial charge >= 0.3 is 0 Å². The van der Waals surface area contributed by atoms with E-state index in [0.717, 1.165) is 16.5 Å². The highest BCUT2D eigenvalue weighted by atomic mass is 35.5. The number of benzene rings is 1. The van der Waals surface area contributed by atoms with Crippen LogP contribution >= 0.6 is 22.9 Å². The van der Waals surface area contributed by atoms with Gasteiger partial charge in [-0.3, -0.25) is 9.59 Å². The number of thiophene rings is 1. The van der Waals surface area contributed by atoms with Gasteiger partial charge in [0.2, 0.25) is 5.91 Å². The van der Waals surface area contributed by atoms with Gasteiger partial charge in [-0.15, -0.1) is 11.3 Å². The molecule has 1 unspecified atom stereocenters. The molecule has 4 nitrogen and oxygen atoms in total. The normalized spacial score (nSPS) is 18.0. The van der Waals surface area contributed by atoms with E-state index in [2.05, 4.69) is 0 Å². The number of rotatable bonds is 2. The van der Waals surface area contributed by atoms with E-state index in [4.69, 9.17) is 11.6 Å². The van der Waals surface area contributed by atoms with Gasteiger partial charge in [-0.2, -0.15) is 0 Å². The first-order chi connectivity index (χ1) is 10.5. The Morgan fingerprint density at radius 3 is 2.73 bits per heavy atom. The van der Waals surface area contributed by atoms with Gasteiger partial charge in [0.15, 0.2) is 0 Å². The molecule has 22 heavy (non-hydrogen) atoms. The molecule has 1 aliphatic heterocycles. The second-order valence-corrected chi connectivity index (χ2v) is 7.06. The topological polar surface area (TPSA) is 40.6 Å². The number of carbonyl (C=O) groups is 2. The molecule has 0 radical (unpaired) electrons. The maximum atomic E-state index is 12.9. The number of likely N-dealkylation sites (N-methyl/N-ethyl adjacent to an activating group) is 1. The van der Waals surface area contributed by atoms with Crippen molar-refractivity contribution in [3.63, 3.8) is 0 Å². The average Bonchev–Trinajstić information content (AvgIpc) is 3.11. The van der Waals surface area contributed by atoms with Gasteiger partial charge in [-0.05, 0) is 18.9 Å². The lowest BCUT2D eigenvalue weighted by molar-refractivity contribution is -0.132. The van der Waals surface area contributed by atoms with Crippen molar-refractivity contribution in [2.75, 3.05) is 20.6 Å². The Kier molecular flexibility index (Phi) is 4.10. The molecule has 1 aliphatic rings. The Morgan fingerprint density at radius 1 is 1.32 bits per heavy atom. The minimum atomic E-state index is -0.372. The van der Waals surface area contributed by atoms with Crippen LogP contribution in [0.4, 0.5) is 0 Å². The summed E-state index contributed by atoms with van der Waals surface area (Å²) in [5, 5.41) is 1.39. The highest BCUT2D eigenvalue weighted by molar-refractivity contribution is 7.21. The summed E-state index contributed by atoms with van der Waals surface area (Å²) in [5.74, 6) is -0.160. The molecule has 1 aromatic heterocycles. The van der Waals surface area contributed by atoms with E-state index < -0.39 is 0 Å². The molecule has 1 atom stereocenters. The summed E-state index contributed by atoms with van der Waals surface area (Å²) in [6, 6.07) is 7.33. The van der Waals surface area contributed by atoms with Crippen molar-refractivity contribution in [3.8, 4) is 0 Å². The van der Waals surface area contributed by atoms with Crippen LogP contribution in [0.5, 0.6) is 0 Å². The number of halogens is 1. The zero-order valence-corrected chi connectivity index (χ0v) is 14.1. The first kappa shape index (κ1) is 15.3. The molecule has 0 bridgehead atoms. The Bertz CT molecular complexity index is 741. The van der Waals surface area contributed by atoms with Crippen molar-refractivity contribution in [1.29, 1.82) is 0 Å². The van der Waals surface area contributed by atoms with Gasteiger partial charge < -0.3 is 9.80 Å². The first-order valence-corrected chi connectivity index (χ1v) is 8.39. The molecular formula is C16H17ClN2O2S. The molecule has 2 aromatic rings. The van der Waals surface area contributed by atoms with Crippen LogP contribution < -0.4 is 0 Å². The second-order valence-electron chi connectivity index (χ2n) is 5.63. The lowest BCUT2D eigenvalue weighted by Gasteiger charge is -2.25. The molecule has 3 rings (SSSR count). The lowest BCUT2D eigenvalue weighted by Crippen LogP contribution is -2.45. The van der Waals surface area contributed by atoms with E-state index in [9.17, 15) is 9.59 Å². The molecule has 6 heteroatoms. The average molecular weight is 337 g/mol. The number of fused-ring (bicyclic) bond motifs is 1. The third-order valence-corrected chi connectivity index (χ3v) is 5.63. The molecule has 2 heterocycles. The highest BCUT2D eigenvalue weighted by Gasteiger charge is 2.36. The van der Waals surface area contributed by atoms with E-state index in [-0.39, 0.29) is 17.9 Å². The highest BCUT2D eigenvalue weighted by Crippen LogP contribution is 2.37. The number of carbonyl (C=O) groups excluding carboxylic acids is 2. The maximum Gasteiger partial charge on any atom is 0.266 e. The first-order valence-electron chi connectivity index (χ1n) is 7.20. The third-order valence-electron chi connectivity index (χ3n) is 3.97. The molecule has 116 valence electrons. The van der Waals surface area contributed by atoms with Crippen LogP contribution in [0.2, 0.25) is 5.02 Å². The molecule has 1 saturated heterocycles. The molecule has 1 aromatic carbocycles. The van der Waals surface area contributed by atoms with Crippen LogP contribution in [0.15, 0.2) is 24.3 Å². The van der Waals surface area contributed by atoms with Crippen LogP contribution in [0, 0.1) is 0 Å². The number of hydrogen-bond donors (Lipinski definition) is 0. The van der Waals surface area contributed by atoms with Crippen LogP contribution in [0.25, 0.3) is 10.1 Å². The standard InChI is InChI=1S/C16H17ClN2O2S/c1-18(2)15(20)11-7-5-9-19(11)16(21)14-13(17)10-6-3-4-8-12(10)22-14/h3-4,6,8,11H,5,7,9H2,1-2H3. The molecule has 0 saturated carbocycles. The Hall–Kier alpha value is -1.59. The van der Waals surface area contributed by atoms with E-state index in [1.165, 1.54) is 11.3 Å². The fourth-order valence-corrected chi connectivity index (χ4v) is 4.31. The SMILES string of the molecule is CN(C)C(=O)C1CCCN1C(=O)c1sc2ccccc2c1Cl. The minimum Gasteiger partial charge on any atom is -0.347 e. The van der Waals surface area contributed by atoms with Crippen molar-refractivity contribution >= 4 is 44.8 Å². The van der Waals surface area contributed by atoms with Crippen LogP contribution in [0.3, 0.4) is 0 Å². The van der Waals surface area contributed by atoms with Crippen LogP contribution in [-0.2, 0) is 4.79 Å². The molecule has 2 amide bonds. The Balaban J connectivity index is 1.95. The van der Waals surface area contributed by atoms with Crippen molar-refractivity contribution < 1.29 is 9.59 Å². The van der Waals surface area contributed by atoms with Gasteiger partial charge in [0, 0.05) is 30.7 Å². The third kappa shape index (κ3) is 2.48. The monoisotopic (exact) mass is 336 g/mol. The van der Waals surface area contributed by atoms with Crippen molar-refractivity contribution in [2.24, 2.45) is 0 Å². The van der Waals surface area contributed by atoms with Gasteiger partial charge in [0.25, 0.3) is 5.91 Å². The minimum absolute atomic E-state index is 0.0249. The second kappa shape index (κ2) is 5.89. The molecule has 0 aliphatic carbocycles. The summed E-state index contributed by atoms with van der Waals surface area (Å²) in [4.78, 5) is 28.8. The van der Waals surface area contributed by atoms with Crippen LogP contribution in [-0.4, -0.2) is 48.3 Å². The van der Waals surface area contributed by atoms with E-state index >= 15 is 0 Å². The predicted octanol–water partition coefficient (Wildman–Crippen LogP) is 3.25. The summed E-state index contributed by atoms with van der Waals surface area (Å²) in [5.41, 5.74) is 0. The van der Waals surface area contributed by atoms with Crippen LogP contribution in [0.1, 0.15) is 22.5 Å². The van der Waals surface area contributed by atoms with E-state index in [1.54, 1.807) is 23.9 Å². The smallest absolute Gasteiger partial charge is 0.266 e. The lowest BCUT2D eigenvalue weighted by atomic mass is 10.2. The zero-order valence-electron chi connectivity index (χ0n) is 12.5. The predicted molar refractivity (Wildman–Crippen MR) is 89.6 cm³/mol. The largest absolute Gasteiger partial charge is 0.347 e. The summed E-state index contributed by atoms with van der Waals surface area (Å²) < 4.78 is 0.991. The summed E-state index contributed by atoms with van der Waals surface area (Å²) >= 11 is 7.78. The Labute approximate surface area is 138 Å². The number of hydrogen-bond acceptors (Lipinski definition) is 3. The summed E-state index contributed by atoms with van der Waals surface area (Å²) in [6.45, 7) is 0.605. The van der Waals surface area contributed by atoms with Crippen molar-refractivity contribution in [3.05, 3.63) is 34.2 Å². The van der Waals surface area contributed by atoms with Crippen molar-refractivity contribution in [2.45, 2.75) is 18.9 Å². The fourth-order valence-electron chi connectivity index (χ4n) is 2.85. The quantitative estimate of drug-likeness (QED) is 0.844. The Morgan fingerprint density at radius 2 is 2.05 bits per heavy atom. The molecular weight excluding hydrogens is 320 g/mol. The number of amides is 2. The number of likely N-dealkylation sites (tertiary alicyclic amines) is 1. The van der Waals surface area contributed by atoms with Gasteiger partial charge in [0.05, 0.1) is 5.02 Å². The fraction of sp³-hybridized carbons (Fsp3) is 0.375. The number of nitrogens with zero attached hydrogens (tertiary/aromatic N) is 2. The van der Waals surface area contributed by atoms with Gasteiger partial charge in [0.1, 0.15) is 10.9 Å². The van der Waals surface area contributed by atoms with E-state index in [0.29, 0.717) is 22.9 Å². The van der Waals surface area contributed by atoms with E-state index in [1.807, 2.05) is 24.3 Å². The maximum absolute atomic E-state index is 12.9. The summed E-state index contributed by atoms with van der Waals surface area (Å²) in [6.07, 6.45) is 1.56. The molecule has 0 spiro atoms. The van der Waals surface area contributed by atoms with Gasteiger partial charge in [-0.25, -0.2) is 0 Å². The zero-order chi connectivity index (χ0) is 15.9. The molecule has 1 fully saturated rings. The van der Waals surface area contributed by atoms with Gasteiger partial charge in [-0.1, -0.05) is 29.8 Å².